The molecule has 0 radical (unpaired) electrons. The molecular formula is C14H22N2O3. The minimum Gasteiger partial charge on any atom is -0.385 e. The van der Waals surface area contributed by atoms with E-state index in [1.54, 1.807) is 13.2 Å². The smallest absolute Gasteiger partial charge is 0.261 e. The lowest BCUT2D eigenvalue weighted by molar-refractivity contribution is 0.0947. The lowest BCUT2D eigenvalue weighted by Gasteiger charge is -2.08. The number of H-pyrrole nitrogens is 1. The standard InChI is InChI=1S/C14H22N2O3/c1-4-6-11-9-12(14(18)16-10(11)2)13(17)15-7-5-8-19-3/h9H,4-8H2,1-3H3,(H,15,17)(H,16,18). The van der Waals surface area contributed by atoms with Crippen LogP contribution in [0.1, 0.15) is 41.4 Å². The van der Waals surface area contributed by atoms with Crippen LogP contribution >= 0.6 is 0 Å². The van der Waals surface area contributed by atoms with Gasteiger partial charge in [0.2, 0.25) is 0 Å². The van der Waals surface area contributed by atoms with E-state index in [-0.39, 0.29) is 17.0 Å². The molecule has 106 valence electrons. The number of aromatic amines is 1. The molecule has 1 heterocycles. The molecule has 19 heavy (non-hydrogen) atoms. The Hall–Kier alpha value is -1.62. The summed E-state index contributed by atoms with van der Waals surface area (Å²) in [7, 11) is 1.61. The molecule has 0 unspecified atom stereocenters. The molecule has 0 fully saturated rings. The first-order chi connectivity index (χ1) is 9.10. The Balaban J connectivity index is 2.78. The van der Waals surface area contributed by atoms with Crippen molar-refractivity contribution < 1.29 is 9.53 Å². The second-order valence-corrected chi connectivity index (χ2v) is 4.51. The van der Waals surface area contributed by atoms with Crippen molar-refractivity contribution in [3.63, 3.8) is 0 Å². The van der Waals surface area contributed by atoms with Crippen molar-refractivity contribution >= 4 is 5.91 Å². The number of hydrogen-bond acceptors (Lipinski definition) is 3. The summed E-state index contributed by atoms with van der Waals surface area (Å²) in [5.41, 5.74) is 1.71. The summed E-state index contributed by atoms with van der Waals surface area (Å²) in [5, 5.41) is 2.72. The molecule has 0 aromatic carbocycles. The van der Waals surface area contributed by atoms with Crippen molar-refractivity contribution in [3.05, 3.63) is 33.2 Å². The van der Waals surface area contributed by atoms with E-state index < -0.39 is 0 Å². The first-order valence-electron chi connectivity index (χ1n) is 6.60. The molecular weight excluding hydrogens is 244 g/mol. The molecule has 1 rings (SSSR count). The van der Waals surface area contributed by atoms with Gasteiger partial charge in [0.05, 0.1) is 0 Å². The highest BCUT2D eigenvalue weighted by Gasteiger charge is 2.12. The molecule has 1 amide bonds. The average molecular weight is 266 g/mol. The zero-order chi connectivity index (χ0) is 14.3. The van der Waals surface area contributed by atoms with E-state index in [2.05, 4.69) is 17.2 Å². The predicted octanol–water partition coefficient (Wildman–Crippen LogP) is 1.40. The number of methoxy groups -OCH3 is 1. The summed E-state index contributed by atoms with van der Waals surface area (Å²) < 4.78 is 4.90. The molecule has 0 atom stereocenters. The summed E-state index contributed by atoms with van der Waals surface area (Å²) in [4.78, 5) is 26.4. The highest BCUT2D eigenvalue weighted by atomic mass is 16.5. The SMILES string of the molecule is CCCc1cc(C(=O)NCCCOC)c(=O)[nH]c1C. The third-order valence-corrected chi connectivity index (χ3v) is 2.92. The Morgan fingerprint density at radius 3 is 2.84 bits per heavy atom. The van der Waals surface area contributed by atoms with Crippen molar-refractivity contribution in [1.82, 2.24) is 10.3 Å². The summed E-state index contributed by atoms with van der Waals surface area (Å²) in [6.07, 6.45) is 2.56. The van der Waals surface area contributed by atoms with Gasteiger partial charge in [-0.25, -0.2) is 0 Å². The zero-order valence-corrected chi connectivity index (χ0v) is 11.8. The molecule has 5 nitrogen and oxygen atoms in total. The van der Waals surface area contributed by atoms with E-state index in [0.29, 0.717) is 13.2 Å². The molecule has 0 bridgehead atoms. The maximum absolute atomic E-state index is 11.9. The van der Waals surface area contributed by atoms with Gasteiger partial charge >= 0.3 is 0 Å². The molecule has 1 aromatic rings. The highest BCUT2D eigenvalue weighted by Crippen LogP contribution is 2.07. The summed E-state index contributed by atoms with van der Waals surface area (Å²) in [5.74, 6) is -0.324. The van der Waals surface area contributed by atoms with Gasteiger partial charge in [0.15, 0.2) is 0 Å². The number of ether oxygens (including phenoxy) is 1. The molecule has 0 aliphatic rings. The van der Waals surface area contributed by atoms with Crippen LogP contribution in [0.5, 0.6) is 0 Å². The lowest BCUT2D eigenvalue weighted by atomic mass is 10.1. The van der Waals surface area contributed by atoms with E-state index >= 15 is 0 Å². The van der Waals surface area contributed by atoms with Crippen LogP contribution < -0.4 is 10.9 Å². The maximum Gasteiger partial charge on any atom is 0.261 e. The van der Waals surface area contributed by atoms with Gasteiger partial charge in [0, 0.05) is 26.0 Å². The van der Waals surface area contributed by atoms with Gasteiger partial charge < -0.3 is 15.0 Å². The minimum atomic E-state index is -0.332. The Bertz CT molecular complexity index is 480. The molecule has 0 saturated heterocycles. The second kappa shape index (κ2) is 7.74. The van der Waals surface area contributed by atoms with Crippen LogP contribution in [0.2, 0.25) is 0 Å². The molecule has 2 N–H and O–H groups in total. The Kier molecular flexibility index (Phi) is 6.29. The molecule has 1 aromatic heterocycles. The van der Waals surface area contributed by atoms with Gasteiger partial charge in [0.25, 0.3) is 11.5 Å². The summed E-state index contributed by atoms with van der Waals surface area (Å²) >= 11 is 0. The molecule has 0 aliphatic carbocycles. The van der Waals surface area contributed by atoms with Crippen LogP contribution in [0, 0.1) is 6.92 Å². The quantitative estimate of drug-likeness (QED) is 0.733. The van der Waals surface area contributed by atoms with Gasteiger partial charge in [0.1, 0.15) is 5.56 Å². The fourth-order valence-electron chi connectivity index (χ4n) is 1.88. The molecule has 0 saturated carbocycles. The van der Waals surface area contributed by atoms with Crippen LogP contribution in [0.4, 0.5) is 0 Å². The predicted molar refractivity (Wildman–Crippen MR) is 74.6 cm³/mol. The largest absolute Gasteiger partial charge is 0.385 e. The fraction of sp³-hybridized carbons (Fsp3) is 0.571. The normalized spacial score (nSPS) is 10.5. The molecule has 5 heteroatoms. The van der Waals surface area contributed by atoms with E-state index in [9.17, 15) is 9.59 Å². The van der Waals surface area contributed by atoms with Crippen LogP contribution in [0.15, 0.2) is 10.9 Å². The Morgan fingerprint density at radius 1 is 1.47 bits per heavy atom. The van der Waals surface area contributed by atoms with Crippen LogP contribution in [0.25, 0.3) is 0 Å². The van der Waals surface area contributed by atoms with Crippen LogP contribution in [-0.2, 0) is 11.2 Å². The topological polar surface area (TPSA) is 71.2 Å². The Morgan fingerprint density at radius 2 is 2.21 bits per heavy atom. The van der Waals surface area contributed by atoms with Gasteiger partial charge in [-0.1, -0.05) is 13.3 Å². The van der Waals surface area contributed by atoms with Gasteiger partial charge in [-0.15, -0.1) is 0 Å². The van der Waals surface area contributed by atoms with Crippen molar-refractivity contribution in [2.45, 2.75) is 33.1 Å². The number of aromatic nitrogens is 1. The summed E-state index contributed by atoms with van der Waals surface area (Å²) in [6, 6.07) is 1.70. The number of hydrogen-bond donors (Lipinski definition) is 2. The number of carbonyl (C=O) groups excluding carboxylic acids is 1. The minimum absolute atomic E-state index is 0.187. The van der Waals surface area contributed by atoms with Gasteiger partial charge in [-0.2, -0.15) is 0 Å². The lowest BCUT2D eigenvalue weighted by Crippen LogP contribution is -2.31. The molecule has 0 aliphatic heterocycles. The average Bonchev–Trinajstić information content (AvgIpc) is 2.38. The van der Waals surface area contributed by atoms with Crippen molar-refractivity contribution in [1.29, 1.82) is 0 Å². The third kappa shape index (κ3) is 4.52. The first-order valence-corrected chi connectivity index (χ1v) is 6.60. The van der Waals surface area contributed by atoms with Crippen molar-refractivity contribution in [3.8, 4) is 0 Å². The number of amides is 1. The fourth-order valence-corrected chi connectivity index (χ4v) is 1.88. The van der Waals surface area contributed by atoms with Crippen molar-refractivity contribution in [2.75, 3.05) is 20.3 Å². The van der Waals surface area contributed by atoms with E-state index in [4.69, 9.17) is 4.74 Å². The zero-order valence-electron chi connectivity index (χ0n) is 11.8. The van der Waals surface area contributed by atoms with Gasteiger partial charge in [-0.3, -0.25) is 9.59 Å². The third-order valence-electron chi connectivity index (χ3n) is 2.92. The number of carbonyl (C=O) groups is 1. The Labute approximate surface area is 113 Å². The van der Waals surface area contributed by atoms with E-state index in [0.717, 1.165) is 30.5 Å². The van der Waals surface area contributed by atoms with Crippen molar-refractivity contribution in [2.24, 2.45) is 0 Å². The highest BCUT2D eigenvalue weighted by molar-refractivity contribution is 5.94. The van der Waals surface area contributed by atoms with Crippen LogP contribution in [-0.4, -0.2) is 31.2 Å². The molecule has 0 spiro atoms. The number of aryl methyl sites for hydroxylation is 2. The monoisotopic (exact) mass is 266 g/mol. The maximum atomic E-state index is 11.9. The number of rotatable bonds is 7. The number of pyridine rings is 1. The van der Waals surface area contributed by atoms with E-state index in [1.807, 2.05) is 6.92 Å². The number of nitrogens with one attached hydrogen (secondary N) is 2. The van der Waals surface area contributed by atoms with Gasteiger partial charge in [-0.05, 0) is 31.4 Å². The van der Waals surface area contributed by atoms with E-state index in [1.165, 1.54) is 0 Å². The second-order valence-electron chi connectivity index (χ2n) is 4.51. The summed E-state index contributed by atoms with van der Waals surface area (Å²) in [6.45, 7) is 5.01. The van der Waals surface area contributed by atoms with Crippen LogP contribution in [0.3, 0.4) is 0 Å². The first kappa shape index (κ1) is 15.4.